The first-order valence-corrected chi connectivity index (χ1v) is 11.7. The van der Waals surface area contributed by atoms with Crippen LogP contribution in [0.4, 0.5) is 10.1 Å². The molecule has 1 N–H and O–H groups in total. The van der Waals surface area contributed by atoms with Crippen molar-refractivity contribution >= 4 is 17.4 Å². The number of alkyl halides is 1. The molecular formula is C29H30FNO4. The smallest absolute Gasteiger partial charge is 0.340 e. The predicted octanol–water partition coefficient (Wildman–Crippen LogP) is 6.78. The van der Waals surface area contributed by atoms with E-state index < -0.39 is 29.6 Å². The molecule has 35 heavy (non-hydrogen) atoms. The maximum Gasteiger partial charge on any atom is 0.340 e. The SMILES string of the molecule is Cc1cc2c(c(C(C)Nc3ccccc3C(=O)OC(C)(C)C)c1)OC(c1ccccc1)C(F)C2=O. The maximum atomic E-state index is 15.2. The van der Waals surface area contributed by atoms with Crippen molar-refractivity contribution < 1.29 is 23.5 Å². The summed E-state index contributed by atoms with van der Waals surface area (Å²) in [5, 5.41) is 3.37. The van der Waals surface area contributed by atoms with E-state index in [1.54, 1.807) is 48.5 Å². The lowest BCUT2D eigenvalue weighted by atomic mass is 9.90. The molecule has 3 aromatic carbocycles. The molecule has 3 unspecified atom stereocenters. The lowest BCUT2D eigenvalue weighted by molar-refractivity contribution is 0.00705. The molecule has 0 saturated heterocycles. The number of carbonyl (C=O) groups is 2. The molecule has 0 radical (unpaired) electrons. The summed E-state index contributed by atoms with van der Waals surface area (Å²) in [5.41, 5.74) is 2.72. The molecule has 0 spiro atoms. The van der Waals surface area contributed by atoms with Crippen LogP contribution in [-0.2, 0) is 4.74 Å². The van der Waals surface area contributed by atoms with E-state index in [4.69, 9.17) is 9.47 Å². The van der Waals surface area contributed by atoms with Gasteiger partial charge in [-0.15, -0.1) is 0 Å². The van der Waals surface area contributed by atoms with E-state index in [1.165, 1.54) is 0 Å². The zero-order chi connectivity index (χ0) is 25.3. The Labute approximate surface area is 205 Å². The van der Waals surface area contributed by atoms with E-state index in [0.29, 0.717) is 28.1 Å². The molecule has 0 aromatic heterocycles. The fraction of sp³-hybridized carbons (Fsp3) is 0.310. The van der Waals surface area contributed by atoms with Crippen LogP contribution < -0.4 is 10.1 Å². The summed E-state index contributed by atoms with van der Waals surface area (Å²) in [4.78, 5) is 25.8. The van der Waals surface area contributed by atoms with Crippen molar-refractivity contribution in [3.63, 3.8) is 0 Å². The van der Waals surface area contributed by atoms with E-state index in [9.17, 15) is 9.59 Å². The van der Waals surface area contributed by atoms with Gasteiger partial charge in [0, 0.05) is 11.3 Å². The number of esters is 1. The van der Waals surface area contributed by atoms with Gasteiger partial charge in [0.05, 0.1) is 17.2 Å². The van der Waals surface area contributed by atoms with Gasteiger partial charge in [-0.05, 0) is 63.9 Å². The zero-order valence-corrected chi connectivity index (χ0v) is 20.6. The average Bonchev–Trinajstić information content (AvgIpc) is 2.81. The van der Waals surface area contributed by atoms with Gasteiger partial charge in [-0.2, -0.15) is 0 Å². The van der Waals surface area contributed by atoms with Crippen molar-refractivity contribution in [2.75, 3.05) is 5.32 Å². The fourth-order valence-electron chi connectivity index (χ4n) is 4.22. The standard InChI is InChI=1S/C29H30FNO4/c1-17-15-21(18(2)31-23-14-10-9-13-20(23)28(33)35-29(3,4)5)27-22(16-17)25(32)24(30)26(34-27)19-11-7-6-8-12-19/h6-16,18,24,26,31H,1-5H3. The Morgan fingerprint density at radius 2 is 1.71 bits per heavy atom. The number of aryl methyl sites for hydroxylation is 1. The lowest BCUT2D eigenvalue weighted by Crippen LogP contribution is -2.34. The van der Waals surface area contributed by atoms with Crippen LogP contribution in [0.3, 0.4) is 0 Å². The molecular weight excluding hydrogens is 445 g/mol. The number of ether oxygens (including phenoxy) is 2. The first kappa shape index (κ1) is 24.5. The third-order valence-corrected chi connectivity index (χ3v) is 5.80. The predicted molar refractivity (Wildman–Crippen MR) is 134 cm³/mol. The van der Waals surface area contributed by atoms with Crippen LogP contribution in [0.25, 0.3) is 0 Å². The van der Waals surface area contributed by atoms with Gasteiger partial charge < -0.3 is 14.8 Å². The fourth-order valence-corrected chi connectivity index (χ4v) is 4.22. The summed E-state index contributed by atoms with van der Waals surface area (Å²) in [7, 11) is 0. The van der Waals surface area contributed by atoms with E-state index in [1.807, 2.05) is 52.8 Å². The molecule has 5 nitrogen and oxygen atoms in total. The Kier molecular flexibility index (Phi) is 6.66. The molecule has 0 aliphatic carbocycles. The van der Waals surface area contributed by atoms with E-state index >= 15 is 4.39 Å². The summed E-state index contributed by atoms with van der Waals surface area (Å²) in [6, 6.07) is 19.2. The number of ketones is 1. The molecule has 4 rings (SSSR count). The molecule has 1 heterocycles. The van der Waals surface area contributed by atoms with E-state index in [0.717, 1.165) is 5.56 Å². The van der Waals surface area contributed by atoms with Gasteiger partial charge in [-0.25, -0.2) is 9.18 Å². The van der Waals surface area contributed by atoms with Gasteiger partial charge in [0.2, 0.25) is 12.0 Å². The number of anilines is 1. The van der Waals surface area contributed by atoms with Crippen LogP contribution in [-0.4, -0.2) is 23.5 Å². The van der Waals surface area contributed by atoms with Gasteiger partial charge in [0.1, 0.15) is 11.4 Å². The monoisotopic (exact) mass is 475 g/mol. The highest BCUT2D eigenvalue weighted by atomic mass is 19.1. The van der Waals surface area contributed by atoms with Crippen LogP contribution in [0.5, 0.6) is 5.75 Å². The average molecular weight is 476 g/mol. The number of Topliss-reactive ketones (excluding diaryl/α,β-unsaturated/α-hetero) is 1. The Bertz CT molecular complexity index is 1250. The quantitative estimate of drug-likeness (QED) is 0.412. The van der Waals surface area contributed by atoms with Crippen LogP contribution >= 0.6 is 0 Å². The molecule has 3 atom stereocenters. The summed E-state index contributed by atoms with van der Waals surface area (Å²) < 4.78 is 26.9. The van der Waals surface area contributed by atoms with Gasteiger partial charge in [-0.1, -0.05) is 48.5 Å². The molecule has 0 amide bonds. The Hall–Kier alpha value is -3.67. The molecule has 1 aliphatic heterocycles. The number of hydrogen-bond acceptors (Lipinski definition) is 5. The summed E-state index contributed by atoms with van der Waals surface area (Å²) in [5.74, 6) is -0.667. The zero-order valence-electron chi connectivity index (χ0n) is 20.6. The van der Waals surface area contributed by atoms with Crippen molar-refractivity contribution in [1.29, 1.82) is 0 Å². The highest BCUT2D eigenvalue weighted by Crippen LogP contribution is 2.42. The molecule has 182 valence electrons. The number of halogens is 1. The van der Waals surface area contributed by atoms with Crippen LogP contribution in [0.15, 0.2) is 66.7 Å². The number of para-hydroxylation sites is 1. The van der Waals surface area contributed by atoms with Crippen LogP contribution in [0, 0.1) is 6.92 Å². The topological polar surface area (TPSA) is 64.6 Å². The Morgan fingerprint density at radius 3 is 2.40 bits per heavy atom. The van der Waals surface area contributed by atoms with Crippen molar-refractivity contribution in [2.45, 2.75) is 58.5 Å². The number of hydrogen-bond donors (Lipinski definition) is 1. The first-order valence-electron chi connectivity index (χ1n) is 11.7. The second-order valence-corrected chi connectivity index (χ2v) is 9.86. The van der Waals surface area contributed by atoms with Crippen molar-refractivity contribution in [1.82, 2.24) is 0 Å². The van der Waals surface area contributed by atoms with Crippen molar-refractivity contribution in [3.8, 4) is 5.75 Å². The number of fused-ring (bicyclic) bond motifs is 1. The van der Waals surface area contributed by atoms with Gasteiger partial charge in [0.15, 0.2) is 6.10 Å². The highest BCUT2D eigenvalue weighted by Gasteiger charge is 2.40. The van der Waals surface area contributed by atoms with Gasteiger partial charge >= 0.3 is 5.97 Å². The first-order chi connectivity index (χ1) is 16.5. The third-order valence-electron chi connectivity index (χ3n) is 5.80. The van der Waals surface area contributed by atoms with Crippen molar-refractivity contribution in [2.24, 2.45) is 0 Å². The number of nitrogens with one attached hydrogen (secondary N) is 1. The second kappa shape index (κ2) is 9.53. The van der Waals surface area contributed by atoms with E-state index in [2.05, 4.69) is 5.32 Å². The van der Waals surface area contributed by atoms with Gasteiger partial charge in [0.25, 0.3) is 0 Å². The number of benzene rings is 3. The van der Waals surface area contributed by atoms with Crippen LogP contribution in [0.2, 0.25) is 0 Å². The van der Waals surface area contributed by atoms with Gasteiger partial charge in [-0.3, -0.25) is 4.79 Å². The maximum absolute atomic E-state index is 15.2. The third kappa shape index (κ3) is 5.21. The summed E-state index contributed by atoms with van der Waals surface area (Å²) in [6.07, 6.45) is -2.82. The molecule has 6 heteroatoms. The number of carbonyl (C=O) groups excluding carboxylic acids is 2. The number of rotatable bonds is 5. The molecule has 0 bridgehead atoms. The molecule has 0 fully saturated rings. The Morgan fingerprint density at radius 1 is 1.06 bits per heavy atom. The van der Waals surface area contributed by atoms with Crippen molar-refractivity contribution in [3.05, 3.63) is 94.5 Å². The van der Waals surface area contributed by atoms with E-state index in [-0.39, 0.29) is 11.6 Å². The minimum atomic E-state index is -1.80. The second-order valence-electron chi connectivity index (χ2n) is 9.86. The lowest BCUT2D eigenvalue weighted by Gasteiger charge is -2.32. The molecule has 1 aliphatic rings. The van der Waals surface area contributed by atoms with Crippen LogP contribution in [0.1, 0.15) is 77.2 Å². The summed E-state index contributed by atoms with van der Waals surface area (Å²) >= 11 is 0. The Balaban J connectivity index is 1.70. The largest absolute Gasteiger partial charge is 0.481 e. The summed E-state index contributed by atoms with van der Waals surface area (Å²) in [6.45, 7) is 9.22. The molecule has 3 aromatic rings. The minimum absolute atomic E-state index is 0.230. The normalized spacial score (nSPS) is 18.3. The highest BCUT2D eigenvalue weighted by molar-refractivity contribution is 6.04. The molecule has 0 saturated carbocycles. The minimum Gasteiger partial charge on any atom is -0.481 e.